The molecule has 110 valence electrons. The van der Waals surface area contributed by atoms with Crippen LogP contribution in [0.4, 0.5) is 5.69 Å². The lowest BCUT2D eigenvalue weighted by Crippen LogP contribution is -2.29. The van der Waals surface area contributed by atoms with Gasteiger partial charge in [-0.1, -0.05) is 41.9 Å². The number of anilines is 1. The molecule has 1 N–H and O–H groups in total. The minimum Gasteiger partial charge on any atom is -0.325 e. The monoisotopic (exact) mass is 321 g/mol. The molecule has 0 fully saturated rings. The zero-order chi connectivity index (χ0) is 15.2. The van der Waals surface area contributed by atoms with Gasteiger partial charge in [-0.25, -0.2) is 0 Å². The van der Waals surface area contributed by atoms with E-state index in [2.05, 4.69) is 5.32 Å². The Hall–Kier alpha value is -1.65. The van der Waals surface area contributed by atoms with Gasteiger partial charge in [0, 0.05) is 27.3 Å². The first-order chi connectivity index (χ1) is 10.1. The molecular weight excluding hydrogens is 306 g/mol. The van der Waals surface area contributed by atoms with Crippen molar-refractivity contribution in [1.29, 1.82) is 0 Å². The number of halogens is 1. The van der Waals surface area contributed by atoms with Crippen molar-refractivity contribution in [2.24, 2.45) is 0 Å². The van der Waals surface area contributed by atoms with Gasteiger partial charge in [0.05, 0.1) is 0 Å². The van der Waals surface area contributed by atoms with Crippen LogP contribution in [-0.4, -0.2) is 15.4 Å². The molecule has 0 aromatic heterocycles. The van der Waals surface area contributed by atoms with Crippen LogP contribution in [0.25, 0.3) is 0 Å². The third kappa shape index (κ3) is 4.69. The number of carbonyl (C=O) groups excluding carboxylic acids is 1. The lowest BCUT2D eigenvalue weighted by atomic mass is 10.2. The summed E-state index contributed by atoms with van der Waals surface area (Å²) in [5.41, 5.74) is 1.56. The first-order valence-electron chi connectivity index (χ1n) is 6.54. The number of para-hydroxylation sites is 1. The minimum atomic E-state index is -1.30. The Bertz CT molecular complexity index is 646. The molecule has 0 aliphatic rings. The quantitative estimate of drug-likeness (QED) is 0.914. The van der Waals surface area contributed by atoms with Crippen molar-refractivity contribution in [2.45, 2.75) is 17.9 Å². The molecule has 0 aliphatic carbocycles. The molecule has 0 heterocycles. The summed E-state index contributed by atoms with van der Waals surface area (Å²) in [6.45, 7) is 1.67. The topological polar surface area (TPSA) is 46.2 Å². The highest BCUT2D eigenvalue weighted by molar-refractivity contribution is 7.85. The molecule has 0 radical (unpaired) electrons. The van der Waals surface area contributed by atoms with Gasteiger partial charge < -0.3 is 5.32 Å². The molecule has 2 aromatic rings. The zero-order valence-electron chi connectivity index (χ0n) is 11.6. The summed E-state index contributed by atoms with van der Waals surface area (Å²) < 4.78 is 12.3. The summed E-state index contributed by atoms with van der Waals surface area (Å²) in [6, 6.07) is 16.3. The molecule has 0 bridgehead atoms. The van der Waals surface area contributed by atoms with E-state index in [4.69, 9.17) is 11.6 Å². The molecule has 2 aromatic carbocycles. The van der Waals surface area contributed by atoms with Gasteiger partial charge in [-0.2, -0.15) is 0 Å². The van der Waals surface area contributed by atoms with Crippen LogP contribution >= 0.6 is 11.6 Å². The molecule has 0 spiro atoms. The maximum absolute atomic E-state index is 12.3. The van der Waals surface area contributed by atoms with E-state index in [1.807, 2.05) is 30.3 Å². The summed E-state index contributed by atoms with van der Waals surface area (Å²) in [5, 5.41) is 2.77. The fraction of sp³-hybridized carbons (Fsp3) is 0.188. The Balaban J connectivity index is 1.97. The van der Waals surface area contributed by atoms with Crippen LogP contribution in [-0.2, 0) is 21.3 Å². The summed E-state index contributed by atoms with van der Waals surface area (Å²) in [7, 11) is -1.30. The second-order valence-corrected chi connectivity index (χ2v) is 6.85. The number of hydrogen-bond donors (Lipinski definition) is 1. The van der Waals surface area contributed by atoms with E-state index in [9.17, 15) is 9.00 Å². The molecular formula is C16H16ClNO2S. The maximum Gasteiger partial charge on any atom is 0.239 e. The number of carbonyl (C=O) groups is 1. The fourth-order valence-electron chi connectivity index (χ4n) is 1.80. The van der Waals surface area contributed by atoms with Crippen LogP contribution in [0.3, 0.4) is 0 Å². The average molecular weight is 322 g/mol. The summed E-state index contributed by atoms with van der Waals surface area (Å²) in [4.78, 5) is 12.1. The number of benzene rings is 2. The highest BCUT2D eigenvalue weighted by Gasteiger charge is 2.20. The summed E-state index contributed by atoms with van der Waals surface area (Å²) in [6.07, 6.45) is 0. The van der Waals surface area contributed by atoms with Crippen molar-refractivity contribution < 1.29 is 9.00 Å². The largest absolute Gasteiger partial charge is 0.325 e. The molecule has 2 atom stereocenters. The normalized spacial score (nSPS) is 13.4. The van der Waals surface area contributed by atoms with Crippen molar-refractivity contribution in [3.05, 3.63) is 65.2 Å². The van der Waals surface area contributed by atoms with Crippen LogP contribution < -0.4 is 5.32 Å². The lowest BCUT2D eigenvalue weighted by Gasteiger charge is -2.12. The van der Waals surface area contributed by atoms with E-state index in [0.717, 1.165) is 5.56 Å². The van der Waals surface area contributed by atoms with E-state index in [1.54, 1.807) is 31.2 Å². The molecule has 21 heavy (non-hydrogen) atoms. The Morgan fingerprint density at radius 1 is 1.19 bits per heavy atom. The van der Waals surface area contributed by atoms with Crippen molar-refractivity contribution in [3.63, 3.8) is 0 Å². The van der Waals surface area contributed by atoms with Crippen molar-refractivity contribution >= 4 is 34.0 Å². The maximum atomic E-state index is 12.3. The van der Waals surface area contributed by atoms with E-state index in [0.29, 0.717) is 16.5 Å². The SMILES string of the molecule is C[C@H](C(=O)Nc1ccccc1)[S@@](=O)Cc1cccc(Cl)c1. The van der Waals surface area contributed by atoms with Gasteiger partial charge in [-0.05, 0) is 36.8 Å². The second kappa shape index (κ2) is 7.38. The standard InChI is InChI=1S/C16H16ClNO2S/c1-12(16(19)18-15-8-3-2-4-9-15)21(20)11-13-6-5-7-14(17)10-13/h2-10,12H,11H2,1H3,(H,18,19)/t12-,21+/m1/s1. The molecule has 0 saturated heterocycles. The molecule has 5 heteroatoms. The molecule has 1 amide bonds. The summed E-state index contributed by atoms with van der Waals surface area (Å²) >= 11 is 5.90. The first-order valence-corrected chi connectivity index (χ1v) is 8.30. The predicted molar refractivity (Wildman–Crippen MR) is 87.8 cm³/mol. The third-order valence-electron chi connectivity index (χ3n) is 3.00. The van der Waals surface area contributed by atoms with E-state index >= 15 is 0 Å². The molecule has 2 rings (SSSR count). The fourth-order valence-corrected chi connectivity index (χ4v) is 3.07. The number of amides is 1. The predicted octanol–water partition coefficient (Wildman–Crippen LogP) is 3.62. The van der Waals surface area contributed by atoms with Crippen LogP contribution in [0.5, 0.6) is 0 Å². The van der Waals surface area contributed by atoms with Gasteiger partial charge in [-0.15, -0.1) is 0 Å². The molecule has 0 aliphatic heterocycles. The van der Waals surface area contributed by atoms with Crippen LogP contribution in [0.15, 0.2) is 54.6 Å². The molecule has 3 nitrogen and oxygen atoms in total. The molecule has 0 unspecified atom stereocenters. The zero-order valence-corrected chi connectivity index (χ0v) is 13.2. The van der Waals surface area contributed by atoms with Crippen LogP contribution in [0.2, 0.25) is 5.02 Å². The Morgan fingerprint density at radius 3 is 2.57 bits per heavy atom. The first kappa shape index (κ1) is 15.7. The van der Waals surface area contributed by atoms with Gasteiger partial charge in [0.2, 0.25) is 5.91 Å². The number of nitrogens with one attached hydrogen (secondary N) is 1. The van der Waals surface area contributed by atoms with Crippen LogP contribution in [0.1, 0.15) is 12.5 Å². The van der Waals surface area contributed by atoms with Gasteiger partial charge in [0.25, 0.3) is 0 Å². The number of rotatable bonds is 5. The van der Waals surface area contributed by atoms with E-state index in [1.165, 1.54) is 0 Å². The van der Waals surface area contributed by atoms with Gasteiger partial charge in [0.15, 0.2) is 0 Å². The Kier molecular flexibility index (Phi) is 5.53. The van der Waals surface area contributed by atoms with E-state index in [-0.39, 0.29) is 5.91 Å². The highest BCUT2D eigenvalue weighted by Crippen LogP contribution is 2.14. The van der Waals surface area contributed by atoms with Crippen molar-refractivity contribution in [2.75, 3.05) is 5.32 Å². The summed E-state index contributed by atoms with van der Waals surface area (Å²) in [5.74, 6) is 0.0609. The molecule has 0 saturated carbocycles. The third-order valence-corrected chi connectivity index (χ3v) is 4.86. The minimum absolute atomic E-state index is 0.249. The number of hydrogen-bond acceptors (Lipinski definition) is 2. The smallest absolute Gasteiger partial charge is 0.239 e. The van der Waals surface area contributed by atoms with Gasteiger partial charge >= 0.3 is 0 Å². The van der Waals surface area contributed by atoms with Crippen LogP contribution in [0, 0.1) is 0 Å². The van der Waals surface area contributed by atoms with Gasteiger partial charge in [-0.3, -0.25) is 9.00 Å². The lowest BCUT2D eigenvalue weighted by molar-refractivity contribution is -0.115. The van der Waals surface area contributed by atoms with E-state index < -0.39 is 16.0 Å². The second-order valence-electron chi connectivity index (χ2n) is 4.65. The van der Waals surface area contributed by atoms with Gasteiger partial charge in [0.1, 0.15) is 5.25 Å². The highest BCUT2D eigenvalue weighted by atomic mass is 35.5. The Morgan fingerprint density at radius 2 is 1.90 bits per heavy atom. The van der Waals surface area contributed by atoms with Crippen molar-refractivity contribution in [3.8, 4) is 0 Å². The average Bonchev–Trinajstić information content (AvgIpc) is 2.47. The Labute approximate surface area is 131 Å². The van der Waals surface area contributed by atoms with Crippen molar-refractivity contribution in [1.82, 2.24) is 0 Å².